The molecule has 2 aromatic carbocycles. The van der Waals surface area contributed by atoms with Gasteiger partial charge in [0.2, 0.25) is 0 Å². The van der Waals surface area contributed by atoms with Crippen molar-refractivity contribution in [2.75, 3.05) is 0 Å². The number of carbonyl (C=O) groups is 1. The van der Waals surface area contributed by atoms with E-state index in [-0.39, 0.29) is 17.8 Å². The summed E-state index contributed by atoms with van der Waals surface area (Å²) in [7, 11) is 0. The Balaban J connectivity index is 1.90. The number of hydrogen-bond acceptors (Lipinski definition) is 2. The third-order valence-electron chi connectivity index (χ3n) is 3.53. The lowest BCUT2D eigenvalue weighted by atomic mass is 9.99. The number of pyridine rings is 1. The Labute approximate surface area is 133 Å². The summed E-state index contributed by atoms with van der Waals surface area (Å²) in [5.74, 6) is -0.629. The molecule has 0 fully saturated rings. The Hall–Kier alpha value is -3.01. The molecular weight excluding hydrogens is 291 g/mol. The van der Waals surface area contributed by atoms with Crippen LogP contribution in [0, 0.1) is 5.82 Å². The van der Waals surface area contributed by atoms with Gasteiger partial charge in [-0.3, -0.25) is 9.78 Å². The molecule has 0 unspecified atom stereocenters. The largest absolute Gasteiger partial charge is 0.341 e. The van der Waals surface area contributed by atoms with Crippen molar-refractivity contribution in [2.24, 2.45) is 0 Å². The first-order chi connectivity index (χ1) is 11.2. The van der Waals surface area contributed by atoms with Crippen molar-refractivity contribution in [1.82, 2.24) is 10.3 Å². The molecule has 0 spiro atoms. The van der Waals surface area contributed by atoms with Crippen molar-refractivity contribution in [3.05, 3.63) is 102 Å². The molecule has 0 aliphatic carbocycles. The first-order valence-electron chi connectivity index (χ1n) is 7.25. The summed E-state index contributed by atoms with van der Waals surface area (Å²) >= 11 is 0. The second kappa shape index (κ2) is 6.83. The van der Waals surface area contributed by atoms with E-state index in [9.17, 15) is 9.18 Å². The maximum atomic E-state index is 13.0. The van der Waals surface area contributed by atoms with Crippen molar-refractivity contribution in [2.45, 2.75) is 6.04 Å². The molecule has 0 bridgehead atoms. The van der Waals surface area contributed by atoms with Gasteiger partial charge < -0.3 is 5.32 Å². The van der Waals surface area contributed by atoms with Crippen molar-refractivity contribution in [1.29, 1.82) is 0 Å². The summed E-state index contributed by atoms with van der Waals surface area (Å²) in [6.07, 6.45) is 3.41. The van der Waals surface area contributed by atoms with Gasteiger partial charge in [0.1, 0.15) is 5.82 Å². The number of amides is 1. The normalized spacial score (nSPS) is 11.7. The molecule has 3 aromatic rings. The van der Waals surface area contributed by atoms with E-state index < -0.39 is 0 Å². The molecule has 3 nitrogen and oxygen atoms in total. The summed E-state index contributed by atoms with van der Waals surface area (Å²) < 4.78 is 13.0. The fraction of sp³-hybridized carbons (Fsp3) is 0.0526. The van der Waals surface area contributed by atoms with Gasteiger partial charge in [-0.1, -0.05) is 36.4 Å². The topological polar surface area (TPSA) is 42.0 Å². The van der Waals surface area contributed by atoms with E-state index in [4.69, 9.17) is 0 Å². The monoisotopic (exact) mass is 306 g/mol. The lowest BCUT2D eigenvalue weighted by molar-refractivity contribution is 0.0943. The second-order valence-corrected chi connectivity index (χ2v) is 5.11. The number of aromatic nitrogens is 1. The molecule has 1 N–H and O–H groups in total. The minimum atomic E-state index is -0.367. The summed E-state index contributed by atoms with van der Waals surface area (Å²) in [6, 6.07) is 18.6. The number of nitrogens with zero attached hydrogens (tertiary/aromatic N) is 1. The molecule has 114 valence electrons. The van der Waals surface area contributed by atoms with Crippen LogP contribution in [0.15, 0.2) is 79.1 Å². The van der Waals surface area contributed by atoms with E-state index in [0.717, 1.165) is 11.1 Å². The third kappa shape index (κ3) is 3.61. The summed E-state index contributed by atoms with van der Waals surface area (Å²) in [5, 5.41) is 2.98. The number of carbonyl (C=O) groups excluding carboxylic acids is 1. The van der Waals surface area contributed by atoms with Crippen molar-refractivity contribution >= 4 is 5.91 Å². The van der Waals surface area contributed by atoms with Crippen LogP contribution in [0.2, 0.25) is 0 Å². The highest BCUT2D eigenvalue weighted by Crippen LogP contribution is 2.21. The predicted molar refractivity (Wildman–Crippen MR) is 86.4 cm³/mol. The zero-order chi connectivity index (χ0) is 16.1. The quantitative estimate of drug-likeness (QED) is 0.798. The van der Waals surface area contributed by atoms with Crippen LogP contribution >= 0.6 is 0 Å². The van der Waals surface area contributed by atoms with E-state index in [1.165, 1.54) is 24.3 Å². The van der Waals surface area contributed by atoms with Gasteiger partial charge in [-0.05, 0) is 41.5 Å². The highest BCUT2D eigenvalue weighted by molar-refractivity contribution is 5.94. The molecule has 23 heavy (non-hydrogen) atoms. The van der Waals surface area contributed by atoms with Gasteiger partial charge in [-0.2, -0.15) is 0 Å². The Morgan fingerprint density at radius 2 is 1.61 bits per heavy atom. The van der Waals surface area contributed by atoms with Crippen molar-refractivity contribution < 1.29 is 9.18 Å². The number of benzene rings is 2. The Kier molecular flexibility index (Phi) is 4.43. The van der Waals surface area contributed by atoms with Gasteiger partial charge in [-0.15, -0.1) is 0 Å². The van der Waals surface area contributed by atoms with Gasteiger partial charge in [-0.25, -0.2) is 4.39 Å². The van der Waals surface area contributed by atoms with E-state index in [2.05, 4.69) is 10.3 Å². The standard InChI is InChI=1S/C19H15FN2O/c20-17-10-8-15(9-11-17)19(23)22-18(14-5-2-1-3-6-14)16-7-4-12-21-13-16/h1-13,18H,(H,22,23)/t18-/m0/s1. The van der Waals surface area contributed by atoms with Gasteiger partial charge in [0, 0.05) is 18.0 Å². The number of halogens is 1. The average Bonchev–Trinajstić information content (AvgIpc) is 2.61. The SMILES string of the molecule is O=C(N[C@@H](c1ccccc1)c1cccnc1)c1ccc(F)cc1. The van der Waals surface area contributed by atoms with Gasteiger partial charge in [0.25, 0.3) is 5.91 Å². The van der Waals surface area contributed by atoms with E-state index >= 15 is 0 Å². The highest BCUT2D eigenvalue weighted by atomic mass is 19.1. The lowest BCUT2D eigenvalue weighted by Crippen LogP contribution is -2.29. The predicted octanol–water partition coefficient (Wildman–Crippen LogP) is 3.74. The third-order valence-corrected chi connectivity index (χ3v) is 3.53. The van der Waals surface area contributed by atoms with Crippen molar-refractivity contribution in [3.8, 4) is 0 Å². The van der Waals surface area contributed by atoms with Crippen LogP contribution in [0.3, 0.4) is 0 Å². The highest BCUT2D eigenvalue weighted by Gasteiger charge is 2.17. The maximum absolute atomic E-state index is 13.0. The van der Waals surface area contributed by atoms with Crippen LogP contribution in [0.1, 0.15) is 27.5 Å². The maximum Gasteiger partial charge on any atom is 0.252 e. The van der Waals surface area contributed by atoms with E-state index in [0.29, 0.717) is 5.56 Å². The van der Waals surface area contributed by atoms with Crippen LogP contribution in [-0.4, -0.2) is 10.9 Å². The number of nitrogens with one attached hydrogen (secondary N) is 1. The lowest BCUT2D eigenvalue weighted by Gasteiger charge is -2.19. The summed E-state index contributed by atoms with van der Waals surface area (Å²) in [6.45, 7) is 0. The van der Waals surface area contributed by atoms with Crippen LogP contribution in [0.4, 0.5) is 4.39 Å². The molecule has 0 saturated carbocycles. The summed E-state index contributed by atoms with van der Waals surface area (Å²) in [4.78, 5) is 16.6. The molecule has 3 rings (SSSR count). The molecule has 1 heterocycles. The van der Waals surface area contributed by atoms with Gasteiger partial charge in [0.05, 0.1) is 6.04 Å². The van der Waals surface area contributed by atoms with Gasteiger partial charge >= 0.3 is 0 Å². The van der Waals surface area contributed by atoms with E-state index in [1.807, 2.05) is 42.5 Å². The first-order valence-corrected chi connectivity index (χ1v) is 7.25. The zero-order valence-electron chi connectivity index (χ0n) is 12.3. The minimum absolute atomic E-state index is 0.261. The second-order valence-electron chi connectivity index (χ2n) is 5.11. The van der Waals surface area contributed by atoms with E-state index in [1.54, 1.807) is 12.4 Å². The zero-order valence-corrected chi connectivity index (χ0v) is 12.3. The molecule has 1 aromatic heterocycles. The molecule has 0 saturated heterocycles. The Morgan fingerprint density at radius 3 is 2.26 bits per heavy atom. The molecule has 1 atom stereocenters. The summed E-state index contributed by atoms with van der Waals surface area (Å²) in [5.41, 5.74) is 2.25. The Bertz CT molecular complexity index is 734. The fourth-order valence-electron chi connectivity index (χ4n) is 2.37. The van der Waals surface area contributed by atoms with Gasteiger partial charge in [0.15, 0.2) is 0 Å². The van der Waals surface area contributed by atoms with Crippen LogP contribution in [0.5, 0.6) is 0 Å². The molecule has 0 aliphatic heterocycles. The smallest absolute Gasteiger partial charge is 0.252 e. The van der Waals surface area contributed by atoms with Crippen LogP contribution < -0.4 is 5.32 Å². The molecule has 0 radical (unpaired) electrons. The minimum Gasteiger partial charge on any atom is -0.341 e. The van der Waals surface area contributed by atoms with Crippen LogP contribution in [0.25, 0.3) is 0 Å². The molecule has 4 heteroatoms. The molecule has 0 aliphatic rings. The average molecular weight is 306 g/mol. The number of hydrogen-bond donors (Lipinski definition) is 1. The first kappa shape index (κ1) is 14.9. The molecule has 1 amide bonds. The fourth-order valence-corrected chi connectivity index (χ4v) is 2.37. The molecular formula is C19H15FN2O. The number of rotatable bonds is 4. The van der Waals surface area contributed by atoms with Crippen molar-refractivity contribution in [3.63, 3.8) is 0 Å². The Morgan fingerprint density at radius 1 is 0.913 bits per heavy atom. The van der Waals surface area contributed by atoms with Crippen LogP contribution in [-0.2, 0) is 0 Å².